The van der Waals surface area contributed by atoms with Crippen molar-refractivity contribution in [3.8, 4) is 0 Å². The number of hydrogen-bond acceptors (Lipinski definition) is 2. The Hall–Kier alpha value is -1.44. The molecule has 0 amide bonds. The lowest BCUT2D eigenvalue weighted by atomic mass is 9.82. The second-order valence-electron chi connectivity index (χ2n) is 7.19. The van der Waals surface area contributed by atoms with Crippen molar-refractivity contribution < 1.29 is 0 Å². The summed E-state index contributed by atoms with van der Waals surface area (Å²) < 4.78 is 0. The molecule has 0 saturated heterocycles. The van der Waals surface area contributed by atoms with Crippen molar-refractivity contribution in [3.63, 3.8) is 0 Å². The normalized spacial score (nSPS) is 21.3. The van der Waals surface area contributed by atoms with Crippen LogP contribution in [0.4, 0.5) is 0 Å². The van der Waals surface area contributed by atoms with Gasteiger partial charge in [-0.3, -0.25) is 0 Å². The number of hydrogen-bond donors (Lipinski definition) is 0. The van der Waals surface area contributed by atoms with Crippen molar-refractivity contribution in [2.75, 3.05) is 0 Å². The Kier molecular flexibility index (Phi) is 4.09. The van der Waals surface area contributed by atoms with Crippen LogP contribution in [0.5, 0.6) is 0 Å². The van der Waals surface area contributed by atoms with Crippen LogP contribution in [0.1, 0.15) is 87.4 Å². The van der Waals surface area contributed by atoms with Crippen molar-refractivity contribution in [2.24, 2.45) is 0 Å². The molecule has 2 fully saturated rings. The molecular formula is C20H26N2. The molecule has 2 aromatic rings. The van der Waals surface area contributed by atoms with Crippen molar-refractivity contribution in [1.82, 2.24) is 10.2 Å². The van der Waals surface area contributed by atoms with Gasteiger partial charge >= 0.3 is 0 Å². The first-order valence-electron chi connectivity index (χ1n) is 9.18. The van der Waals surface area contributed by atoms with Gasteiger partial charge < -0.3 is 0 Å². The molecule has 1 heterocycles. The van der Waals surface area contributed by atoms with Gasteiger partial charge in [0.2, 0.25) is 0 Å². The summed E-state index contributed by atoms with van der Waals surface area (Å²) in [6, 6.07) is 8.89. The first-order chi connectivity index (χ1) is 10.9. The van der Waals surface area contributed by atoms with E-state index in [1.807, 2.05) is 0 Å². The third-order valence-corrected chi connectivity index (χ3v) is 5.73. The zero-order valence-corrected chi connectivity index (χ0v) is 13.4. The topological polar surface area (TPSA) is 25.8 Å². The van der Waals surface area contributed by atoms with Gasteiger partial charge in [0.15, 0.2) is 0 Å². The summed E-state index contributed by atoms with van der Waals surface area (Å²) in [5.41, 5.74) is 2.55. The average molecular weight is 294 g/mol. The minimum atomic E-state index is 0.631. The Balaban J connectivity index is 1.77. The molecule has 0 N–H and O–H groups in total. The van der Waals surface area contributed by atoms with E-state index in [-0.39, 0.29) is 0 Å². The van der Waals surface area contributed by atoms with Gasteiger partial charge in [-0.05, 0) is 25.7 Å². The molecule has 0 atom stereocenters. The number of fused-ring (bicyclic) bond motifs is 1. The van der Waals surface area contributed by atoms with Crippen LogP contribution in [-0.4, -0.2) is 10.2 Å². The maximum Gasteiger partial charge on any atom is 0.0740 e. The molecule has 0 radical (unpaired) electrons. The van der Waals surface area contributed by atoms with E-state index >= 15 is 0 Å². The van der Waals surface area contributed by atoms with Gasteiger partial charge in [0, 0.05) is 22.6 Å². The third-order valence-electron chi connectivity index (χ3n) is 5.73. The molecule has 1 aromatic carbocycles. The number of benzene rings is 1. The predicted octanol–water partition coefficient (Wildman–Crippen LogP) is 5.73. The van der Waals surface area contributed by atoms with Crippen molar-refractivity contribution in [3.05, 3.63) is 35.7 Å². The maximum atomic E-state index is 4.76. The Morgan fingerprint density at radius 1 is 0.591 bits per heavy atom. The second-order valence-corrected chi connectivity index (χ2v) is 7.19. The monoisotopic (exact) mass is 294 g/mol. The minimum absolute atomic E-state index is 0.631. The number of aromatic nitrogens is 2. The van der Waals surface area contributed by atoms with Gasteiger partial charge in [-0.25, -0.2) is 0 Å². The van der Waals surface area contributed by atoms with Crippen molar-refractivity contribution in [2.45, 2.75) is 76.0 Å². The summed E-state index contributed by atoms with van der Waals surface area (Å²) in [5.74, 6) is 1.26. The van der Waals surface area contributed by atoms with Crippen LogP contribution in [0, 0.1) is 0 Å². The van der Waals surface area contributed by atoms with Crippen LogP contribution in [0.3, 0.4) is 0 Å². The fraction of sp³-hybridized carbons (Fsp3) is 0.600. The SMILES string of the molecule is c1ccc2c(C3CCCCC3)nnc(C3CCCCC3)c2c1. The molecule has 22 heavy (non-hydrogen) atoms. The molecule has 2 aliphatic rings. The van der Waals surface area contributed by atoms with Crippen LogP contribution < -0.4 is 0 Å². The van der Waals surface area contributed by atoms with Gasteiger partial charge in [-0.1, -0.05) is 62.8 Å². The summed E-state index contributed by atoms with van der Waals surface area (Å²) in [5, 5.41) is 12.3. The van der Waals surface area contributed by atoms with E-state index in [4.69, 9.17) is 10.2 Å². The summed E-state index contributed by atoms with van der Waals surface area (Å²) >= 11 is 0. The highest BCUT2D eigenvalue weighted by atomic mass is 15.1. The van der Waals surface area contributed by atoms with E-state index < -0.39 is 0 Å². The molecule has 2 heteroatoms. The molecule has 2 saturated carbocycles. The fourth-order valence-electron chi connectivity index (χ4n) is 4.50. The Labute approximate surface area is 133 Å². The quantitative estimate of drug-likeness (QED) is 0.707. The molecule has 0 aliphatic heterocycles. The molecule has 116 valence electrons. The molecule has 0 spiro atoms. The molecule has 2 aliphatic carbocycles. The first-order valence-corrected chi connectivity index (χ1v) is 9.18. The maximum absolute atomic E-state index is 4.76. The van der Waals surface area contributed by atoms with E-state index in [0.717, 1.165) is 0 Å². The summed E-state index contributed by atoms with van der Waals surface area (Å²) in [6.45, 7) is 0. The highest BCUT2D eigenvalue weighted by Crippen LogP contribution is 2.39. The largest absolute Gasteiger partial charge is 0.154 e. The summed E-state index contributed by atoms with van der Waals surface area (Å²) in [7, 11) is 0. The zero-order chi connectivity index (χ0) is 14.8. The van der Waals surface area contributed by atoms with Gasteiger partial charge in [-0.15, -0.1) is 0 Å². The van der Waals surface area contributed by atoms with Crippen molar-refractivity contribution in [1.29, 1.82) is 0 Å². The lowest BCUT2D eigenvalue weighted by Crippen LogP contribution is -2.12. The van der Waals surface area contributed by atoms with Gasteiger partial charge in [0.05, 0.1) is 11.4 Å². The van der Waals surface area contributed by atoms with Gasteiger partial charge in [-0.2, -0.15) is 10.2 Å². The van der Waals surface area contributed by atoms with E-state index in [9.17, 15) is 0 Å². The van der Waals surface area contributed by atoms with Gasteiger partial charge in [0.1, 0.15) is 0 Å². The van der Waals surface area contributed by atoms with Gasteiger partial charge in [0.25, 0.3) is 0 Å². The average Bonchev–Trinajstić information content (AvgIpc) is 2.62. The summed E-state index contributed by atoms with van der Waals surface area (Å²) in [4.78, 5) is 0. The standard InChI is InChI=1S/C20H26N2/c1-3-9-15(10-4-1)19-17-13-7-8-14-18(17)20(22-21-19)16-11-5-2-6-12-16/h7-8,13-16H,1-6,9-12H2. The van der Waals surface area contributed by atoms with Crippen molar-refractivity contribution >= 4 is 10.8 Å². The van der Waals surface area contributed by atoms with E-state index in [0.29, 0.717) is 11.8 Å². The van der Waals surface area contributed by atoms with Crippen LogP contribution >= 0.6 is 0 Å². The first kappa shape index (κ1) is 14.2. The smallest absolute Gasteiger partial charge is 0.0740 e. The number of rotatable bonds is 2. The zero-order valence-electron chi connectivity index (χ0n) is 13.4. The highest BCUT2D eigenvalue weighted by Gasteiger charge is 2.24. The predicted molar refractivity (Wildman–Crippen MR) is 91.2 cm³/mol. The second kappa shape index (κ2) is 6.36. The Bertz CT molecular complexity index is 581. The molecule has 2 nitrogen and oxygen atoms in total. The lowest BCUT2D eigenvalue weighted by Gasteiger charge is -2.25. The van der Waals surface area contributed by atoms with E-state index in [1.165, 1.54) is 86.4 Å². The molecule has 0 bridgehead atoms. The van der Waals surface area contributed by atoms with Crippen LogP contribution in [0.2, 0.25) is 0 Å². The molecule has 4 rings (SSSR count). The van der Waals surface area contributed by atoms with E-state index in [1.54, 1.807) is 0 Å². The highest BCUT2D eigenvalue weighted by molar-refractivity contribution is 5.87. The molecule has 1 aromatic heterocycles. The lowest BCUT2D eigenvalue weighted by molar-refractivity contribution is 0.426. The van der Waals surface area contributed by atoms with E-state index in [2.05, 4.69) is 24.3 Å². The van der Waals surface area contributed by atoms with Crippen LogP contribution in [0.15, 0.2) is 24.3 Å². The minimum Gasteiger partial charge on any atom is -0.154 e. The summed E-state index contributed by atoms with van der Waals surface area (Å²) in [6.07, 6.45) is 13.4. The third kappa shape index (κ3) is 2.64. The Morgan fingerprint density at radius 2 is 1.00 bits per heavy atom. The molecular weight excluding hydrogens is 268 g/mol. The molecule has 0 unspecified atom stereocenters. The Morgan fingerprint density at radius 3 is 1.41 bits per heavy atom. The van der Waals surface area contributed by atoms with Crippen LogP contribution in [0.25, 0.3) is 10.8 Å². The van der Waals surface area contributed by atoms with Crippen LogP contribution in [-0.2, 0) is 0 Å². The fourth-order valence-corrected chi connectivity index (χ4v) is 4.50. The number of nitrogens with zero attached hydrogens (tertiary/aromatic N) is 2.